The number of aryl methyl sites for hydroxylation is 1. The number of nitro benzene ring substituents is 1. The van der Waals surface area contributed by atoms with Gasteiger partial charge in [-0.15, -0.1) is 23.2 Å². The zero-order chi connectivity index (χ0) is 31.6. The van der Waals surface area contributed by atoms with E-state index in [1.54, 1.807) is 19.1 Å². The van der Waals surface area contributed by atoms with Crippen LogP contribution in [0.15, 0.2) is 29.8 Å². The van der Waals surface area contributed by atoms with Crippen LogP contribution in [0.25, 0.3) is 0 Å². The summed E-state index contributed by atoms with van der Waals surface area (Å²) in [5, 5.41) is 11.8. The van der Waals surface area contributed by atoms with Crippen LogP contribution in [0.4, 0.5) is 11.4 Å². The number of fused-ring (bicyclic) bond motifs is 5. The van der Waals surface area contributed by atoms with E-state index in [1.807, 2.05) is 11.0 Å². The Balaban J connectivity index is 1.15. The smallest absolute Gasteiger partial charge is 0.306 e. The Kier molecular flexibility index (Phi) is 10.4. The summed E-state index contributed by atoms with van der Waals surface area (Å²) in [7, 11) is 0. The highest BCUT2D eigenvalue weighted by Gasteiger charge is 2.59. The van der Waals surface area contributed by atoms with Crippen molar-refractivity contribution in [3.05, 3.63) is 45.5 Å². The molecule has 0 N–H and O–H groups in total. The summed E-state index contributed by atoms with van der Waals surface area (Å²) in [5.41, 5.74) is 3.15. The molecule has 0 saturated heterocycles. The van der Waals surface area contributed by atoms with Crippen LogP contribution in [-0.4, -0.2) is 47.6 Å². The fraction of sp³-hybridized carbons (Fsp3) is 0.714. The van der Waals surface area contributed by atoms with E-state index in [4.69, 9.17) is 27.9 Å². The molecule has 7 atom stereocenters. The number of hydrogen-bond donors (Lipinski definition) is 0. The van der Waals surface area contributed by atoms with Crippen LogP contribution >= 0.6 is 23.2 Å². The number of rotatable bonds is 12. The number of ketones is 1. The predicted octanol–water partition coefficient (Wildman–Crippen LogP) is 8.28. The molecule has 0 spiro atoms. The fourth-order valence-corrected chi connectivity index (χ4v) is 10.2. The maximum Gasteiger partial charge on any atom is 0.306 e. The van der Waals surface area contributed by atoms with Crippen molar-refractivity contribution in [2.24, 2.45) is 34.5 Å². The average molecular weight is 648 g/mol. The second-order valence-corrected chi connectivity index (χ2v) is 15.0. The van der Waals surface area contributed by atoms with Gasteiger partial charge in [0.25, 0.3) is 5.69 Å². The van der Waals surface area contributed by atoms with Gasteiger partial charge in [-0.25, -0.2) is 0 Å². The molecule has 1 aromatic rings. The second kappa shape index (κ2) is 13.7. The van der Waals surface area contributed by atoms with Gasteiger partial charge >= 0.3 is 5.97 Å². The van der Waals surface area contributed by atoms with Gasteiger partial charge in [0.15, 0.2) is 0 Å². The highest BCUT2D eigenvalue weighted by Crippen LogP contribution is 2.66. The van der Waals surface area contributed by atoms with Crippen LogP contribution in [0, 0.1) is 44.6 Å². The number of alkyl halides is 2. The average Bonchev–Trinajstić information content (AvgIpc) is 3.35. The number of esters is 1. The number of benzene rings is 1. The molecule has 4 aliphatic rings. The van der Waals surface area contributed by atoms with Crippen molar-refractivity contribution in [3.63, 3.8) is 0 Å². The van der Waals surface area contributed by atoms with Gasteiger partial charge in [0.05, 0.1) is 4.92 Å². The van der Waals surface area contributed by atoms with Crippen molar-refractivity contribution in [3.8, 4) is 0 Å². The maximum absolute atomic E-state index is 12.9. The largest absolute Gasteiger partial charge is 0.462 e. The first-order valence-corrected chi connectivity index (χ1v) is 17.6. The van der Waals surface area contributed by atoms with E-state index in [-0.39, 0.29) is 45.9 Å². The predicted molar refractivity (Wildman–Crippen MR) is 175 cm³/mol. The molecule has 1 aromatic carbocycles. The molecule has 0 aliphatic heterocycles. The van der Waals surface area contributed by atoms with Gasteiger partial charge in [-0.1, -0.05) is 31.6 Å². The van der Waals surface area contributed by atoms with Gasteiger partial charge < -0.3 is 9.64 Å². The Morgan fingerprint density at radius 2 is 1.82 bits per heavy atom. The number of anilines is 1. The molecule has 0 heterocycles. The van der Waals surface area contributed by atoms with Gasteiger partial charge in [-0.3, -0.25) is 19.7 Å². The molecule has 0 bridgehead atoms. The van der Waals surface area contributed by atoms with Gasteiger partial charge in [0.1, 0.15) is 17.6 Å². The zero-order valence-corrected chi connectivity index (χ0v) is 28.0. The van der Waals surface area contributed by atoms with Crippen molar-refractivity contribution in [1.29, 1.82) is 0 Å². The first-order chi connectivity index (χ1) is 21.0. The normalized spacial score (nSPS) is 32.6. The Hall–Kier alpha value is -2.12. The second-order valence-electron chi connectivity index (χ2n) is 14.2. The number of Topliss-reactive ketones (excluding diaryl/α,β-unsaturated/α-hetero) is 1. The quantitative estimate of drug-likeness (QED) is 0.0746. The van der Waals surface area contributed by atoms with Crippen molar-refractivity contribution >= 4 is 46.3 Å². The Labute approximate surface area is 272 Å². The van der Waals surface area contributed by atoms with E-state index in [0.29, 0.717) is 66.9 Å². The summed E-state index contributed by atoms with van der Waals surface area (Å²) >= 11 is 11.8. The first-order valence-electron chi connectivity index (χ1n) is 16.6. The van der Waals surface area contributed by atoms with Gasteiger partial charge in [-0.05, 0) is 105 Å². The lowest BCUT2D eigenvalue weighted by Crippen LogP contribution is -2.51. The molecule has 3 fully saturated rings. The lowest BCUT2D eigenvalue weighted by Gasteiger charge is -2.58. The van der Waals surface area contributed by atoms with E-state index in [2.05, 4.69) is 19.9 Å². The summed E-state index contributed by atoms with van der Waals surface area (Å²) in [6.07, 6.45) is 12.2. The summed E-state index contributed by atoms with van der Waals surface area (Å²) < 4.78 is 5.99. The van der Waals surface area contributed by atoms with E-state index in [9.17, 15) is 19.7 Å². The molecular weight excluding hydrogens is 599 g/mol. The molecule has 0 aromatic heterocycles. The number of ether oxygens (including phenoxy) is 1. The Morgan fingerprint density at radius 3 is 2.50 bits per heavy atom. The molecule has 0 radical (unpaired) electrons. The summed E-state index contributed by atoms with van der Waals surface area (Å²) in [5.74, 6) is 3.04. The summed E-state index contributed by atoms with van der Waals surface area (Å²) in [4.78, 5) is 38.6. The molecule has 0 amide bonds. The van der Waals surface area contributed by atoms with Crippen LogP contribution in [0.2, 0.25) is 0 Å². The minimum absolute atomic E-state index is 0.0303. The van der Waals surface area contributed by atoms with Crippen LogP contribution in [-0.2, 0) is 20.7 Å². The number of allylic oxidation sites excluding steroid dienone is 1. The van der Waals surface area contributed by atoms with Crippen LogP contribution < -0.4 is 4.90 Å². The van der Waals surface area contributed by atoms with Crippen molar-refractivity contribution in [2.45, 2.75) is 97.5 Å². The van der Waals surface area contributed by atoms with Crippen molar-refractivity contribution < 1.29 is 19.2 Å². The minimum atomic E-state index is -0.371. The monoisotopic (exact) mass is 646 g/mol. The Bertz CT molecular complexity index is 1280. The number of hydrogen-bond acceptors (Lipinski definition) is 6. The molecule has 242 valence electrons. The third-order valence-corrected chi connectivity index (χ3v) is 12.3. The third kappa shape index (κ3) is 6.42. The molecule has 3 saturated carbocycles. The van der Waals surface area contributed by atoms with Gasteiger partial charge in [-0.2, -0.15) is 0 Å². The van der Waals surface area contributed by atoms with Crippen LogP contribution in [0.5, 0.6) is 0 Å². The number of carbonyl (C=O) groups is 2. The number of halogens is 2. The lowest BCUT2D eigenvalue weighted by molar-refractivity contribution is -0.384. The van der Waals surface area contributed by atoms with Gasteiger partial charge in [0, 0.05) is 49.7 Å². The van der Waals surface area contributed by atoms with Crippen LogP contribution in [0.1, 0.15) is 90.5 Å². The Morgan fingerprint density at radius 1 is 1.07 bits per heavy atom. The topological polar surface area (TPSA) is 89.8 Å². The standard InChI is InChI=1S/C35H48Cl2N2O5/c1-23(40)28-10-11-29-27-9-8-25-22-26(13-15-34(25,2)30(27)14-16-35(28,29)3)44-33(41)6-4-5-24-7-12-31(32(21-24)39(42)43)38(19-17-36)20-18-37/h7-8,12,21,26-30H,4-6,9-11,13-20,22H2,1-3H3/t26-,27-,28+,29-,30-,34-,35+/m0/s1. The lowest BCUT2D eigenvalue weighted by atomic mass is 9.47. The van der Waals surface area contributed by atoms with E-state index >= 15 is 0 Å². The number of nitro groups is 1. The zero-order valence-electron chi connectivity index (χ0n) is 26.5. The molecule has 7 nitrogen and oxygen atoms in total. The molecule has 4 aliphatic carbocycles. The van der Waals surface area contributed by atoms with Crippen LogP contribution in [0.3, 0.4) is 0 Å². The van der Waals surface area contributed by atoms with Crippen molar-refractivity contribution in [1.82, 2.24) is 0 Å². The number of nitrogens with zero attached hydrogens (tertiary/aromatic N) is 2. The van der Waals surface area contributed by atoms with Crippen molar-refractivity contribution in [2.75, 3.05) is 29.7 Å². The van der Waals surface area contributed by atoms with E-state index in [0.717, 1.165) is 44.1 Å². The molecular formula is C35H48Cl2N2O5. The highest BCUT2D eigenvalue weighted by molar-refractivity contribution is 6.18. The maximum atomic E-state index is 12.9. The van der Waals surface area contributed by atoms with Gasteiger partial charge in [0.2, 0.25) is 0 Å². The highest BCUT2D eigenvalue weighted by atomic mass is 35.5. The summed E-state index contributed by atoms with van der Waals surface area (Å²) in [6, 6.07) is 5.24. The molecule has 44 heavy (non-hydrogen) atoms. The van der Waals surface area contributed by atoms with E-state index < -0.39 is 0 Å². The molecule has 0 unspecified atom stereocenters. The number of carbonyl (C=O) groups excluding carboxylic acids is 2. The SMILES string of the molecule is CC(=O)[C@H]1CC[C@H]2[C@@H]3CC=C4C[C@@H](OC(=O)CCCc5ccc(N(CCCl)CCCl)c([N+](=O)[O-])c5)CC[C@]4(C)[C@H]3CC[C@]12C. The first kappa shape index (κ1) is 33.2. The molecule has 9 heteroatoms. The summed E-state index contributed by atoms with van der Waals surface area (Å²) in [6.45, 7) is 7.57. The third-order valence-electron chi connectivity index (χ3n) is 12.0. The van der Waals surface area contributed by atoms with E-state index in [1.165, 1.54) is 18.4 Å². The minimum Gasteiger partial charge on any atom is -0.462 e. The molecule has 5 rings (SSSR count). The fourth-order valence-electron chi connectivity index (χ4n) is 9.77.